The maximum absolute atomic E-state index is 12.2. The lowest BCUT2D eigenvalue weighted by Crippen LogP contribution is -2.21. The first-order valence-electron chi connectivity index (χ1n) is 8.89. The Labute approximate surface area is 154 Å². The fraction of sp³-hybridized carbons (Fsp3) is 0.333. The van der Waals surface area contributed by atoms with Gasteiger partial charge in [0.05, 0.1) is 18.8 Å². The van der Waals surface area contributed by atoms with E-state index in [-0.39, 0.29) is 12.0 Å². The molecule has 1 unspecified atom stereocenters. The van der Waals surface area contributed by atoms with Gasteiger partial charge in [-0.1, -0.05) is 6.07 Å². The van der Waals surface area contributed by atoms with Crippen molar-refractivity contribution in [3.05, 3.63) is 58.9 Å². The van der Waals surface area contributed by atoms with Gasteiger partial charge >= 0.3 is 0 Å². The van der Waals surface area contributed by atoms with Crippen molar-refractivity contribution < 1.29 is 14.3 Å². The second-order valence-corrected chi connectivity index (χ2v) is 6.38. The zero-order valence-electron chi connectivity index (χ0n) is 15.4. The van der Waals surface area contributed by atoms with E-state index in [1.54, 1.807) is 12.3 Å². The van der Waals surface area contributed by atoms with Crippen LogP contribution in [0.2, 0.25) is 0 Å². The summed E-state index contributed by atoms with van der Waals surface area (Å²) < 4.78 is 11.5. The number of aryl methyl sites for hydroxylation is 1. The van der Waals surface area contributed by atoms with Gasteiger partial charge in [-0.2, -0.15) is 0 Å². The van der Waals surface area contributed by atoms with Crippen molar-refractivity contribution in [2.24, 2.45) is 0 Å². The molecule has 0 saturated carbocycles. The number of nitrogens with zero attached hydrogens (tertiary/aromatic N) is 1. The van der Waals surface area contributed by atoms with Gasteiger partial charge in [-0.15, -0.1) is 0 Å². The van der Waals surface area contributed by atoms with E-state index < -0.39 is 0 Å². The lowest BCUT2D eigenvalue weighted by molar-refractivity contribution is -0.116. The third-order valence-corrected chi connectivity index (χ3v) is 4.29. The Balaban J connectivity index is 1.70. The molecule has 1 atom stereocenters. The second-order valence-electron chi connectivity index (χ2n) is 6.38. The quantitative estimate of drug-likeness (QED) is 0.809. The minimum atomic E-state index is -0.174. The summed E-state index contributed by atoms with van der Waals surface area (Å²) in [5.74, 6) is 1.46. The Kier molecular flexibility index (Phi) is 5.56. The molecule has 5 nitrogen and oxygen atoms in total. The topological polar surface area (TPSA) is 60.5 Å². The van der Waals surface area contributed by atoms with Crippen molar-refractivity contribution in [1.82, 2.24) is 10.3 Å². The van der Waals surface area contributed by atoms with E-state index in [4.69, 9.17) is 9.47 Å². The normalized spacial score (nSPS) is 15.6. The van der Waals surface area contributed by atoms with Gasteiger partial charge in [-0.05, 0) is 50.6 Å². The smallest absolute Gasteiger partial charge is 0.244 e. The number of carbonyl (C=O) groups is 1. The Bertz CT molecular complexity index is 830. The van der Waals surface area contributed by atoms with Crippen molar-refractivity contribution in [1.29, 1.82) is 0 Å². The van der Waals surface area contributed by atoms with E-state index in [1.165, 1.54) is 6.08 Å². The Morgan fingerprint density at radius 2 is 2.31 bits per heavy atom. The summed E-state index contributed by atoms with van der Waals surface area (Å²) in [5, 5.41) is 2.86. The highest BCUT2D eigenvalue weighted by Gasteiger charge is 2.21. The van der Waals surface area contributed by atoms with Gasteiger partial charge in [0.2, 0.25) is 5.91 Å². The molecule has 1 N–H and O–H groups in total. The molecular formula is C21H24N2O3. The number of nitrogens with one attached hydrogen (secondary N) is 1. The summed E-state index contributed by atoms with van der Waals surface area (Å²) in [4.78, 5) is 16.4. The number of carbonyl (C=O) groups excluding carboxylic acids is 1. The molecular weight excluding hydrogens is 328 g/mol. The van der Waals surface area contributed by atoms with Crippen LogP contribution in [0.3, 0.4) is 0 Å². The highest BCUT2D eigenvalue weighted by Crippen LogP contribution is 2.35. The highest BCUT2D eigenvalue weighted by atomic mass is 16.5. The number of ether oxygens (including phenoxy) is 2. The minimum Gasteiger partial charge on any atom is -0.493 e. The number of hydrogen-bond donors (Lipinski definition) is 1. The highest BCUT2D eigenvalue weighted by molar-refractivity contribution is 5.92. The molecule has 26 heavy (non-hydrogen) atoms. The van der Waals surface area contributed by atoms with Gasteiger partial charge in [0.15, 0.2) is 0 Å². The van der Waals surface area contributed by atoms with Gasteiger partial charge in [0.25, 0.3) is 0 Å². The number of amides is 1. The van der Waals surface area contributed by atoms with Crippen LogP contribution in [0.4, 0.5) is 0 Å². The van der Waals surface area contributed by atoms with E-state index >= 15 is 0 Å². The van der Waals surface area contributed by atoms with E-state index in [2.05, 4.69) is 10.3 Å². The molecule has 1 amide bonds. The fourth-order valence-corrected chi connectivity index (χ4v) is 2.96. The minimum absolute atomic E-state index is 0.170. The van der Waals surface area contributed by atoms with Crippen molar-refractivity contribution >= 4 is 12.0 Å². The van der Waals surface area contributed by atoms with Crippen molar-refractivity contribution in [2.75, 3.05) is 6.61 Å². The van der Waals surface area contributed by atoms with Crippen LogP contribution in [0.1, 0.15) is 36.2 Å². The van der Waals surface area contributed by atoms with Gasteiger partial charge in [-0.25, -0.2) is 0 Å². The van der Waals surface area contributed by atoms with Crippen LogP contribution >= 0.6 is 0 Å². The van der Waals surface area contributed by atoms with Gasteiger partial charge in [0, 0.05) is 29.8 Å². The number of aromatic nitrogens is 1. The van der Waals surface area contributed by atoms with Crippen LogP contribution in [0.25, 0.3) is 6.08 Å². The summed E-state index contributed by atoms with van der Waals surface area (Å²) >= 11 is 0. The predicted molar refractivity (Wildman–Crippen MR) is 101 cm³/mol. The third-order valence-electron chi connectivity index (χ3n) is 4.29. The third kappa shape index (κ3) is 4.23. The van der Waals surface area contributed by atoms with Crippen LogP contribution in [-0.4, -0.2) is 23.6 Å². The molecule has 1 aliphatic heterocycles. The van der Waals surface area contributed by atoms with Crippen LogP contribution in [0.15, 0.2) is 36.5 Å². The Morgan fingerprint density at radius 1 is 1.46 bits per heavy atom. The van der Waals surface area contributed by atoms with Crippen molar-refractivity contribution in [3.63, 3.8) is 0 Å². The number of pyridine rings is 1. The fourth-order valence-electron chi connectivity index (χ4n) is 2.96. The maximum Gasteiger partial charge on any atom is 0.244 e. The first-order valence-corrected chi connectivity index (χ1v) is 8.89. The van der Waals surface area contributed by atoms with Crippen LogP contribution < -0.4 is 14.8 Å². The second kappa shape index (κ2) is 8.04. The number of rotatable bonds is 6. The van der Waals surface area contributed by atoms with E-state index in [1.807, 2.05) is 45.0 Å². The SMILES string of the molecule is CCOc1cc2c(cc1/C=C/C(=O)NCc1ncccc1C)OC(C)C2. The monoisotopic (exact) mass is 352 g/mol. The Hall–Kier alpha value is -2.82. The van der Waals surface area contributed by atoms with Gasteiger partial charge in [-0.3, -0.25) is 9.78 Å². The Morgan fingerprint density at radius 3 is 3.08 bits per heavy atom. The maximum atomic E-state index is 12.2. The molecule has 2 heterocycles. The van der Waals surface area contributed by atoms with Crippen molar-refractivity contribution in [3.8, 4) is 11.5 Å². The standard InChI is InChI=1S/C21H24N2O3/c1-4-25-19-12-17-10-15(3)26-20(17)11-16(19)7-8-21(24)23-13-18-14(2)6-5-9-22-18/h5-9,11-12,15H,4,10,13H2,1-3H3,(H,23,24)/b8-7+. The molecule has 136 valence electrons. The summed E-state index contributed by atoms with van der Waals surface area (Å²) in [7, 11) is 0. The van der Waals surface area contributed by atoms with Crippen LogP contribution in [0.5, 0.6) is 11.5 Å². The summed E-state index contributed by atoms with van der Waals surface area (Å²) in [6.45, 7) is 6.94. The average molecular weight is 352 g/mol. The molecule has 1 aliphatic rings. The molecule has 0 bridgehead atoms. The number of fused-ring (bicyclic) bond motifs is 1. The molecule has 1 aromatic carbocycles. The summed E-state index contributed by atoms with van der Waals surface area (Å²) in [6, 6.07) is 7.81. The molecule has 2 aromatic rings. The first kappa shape index (κ1) is 18.0. The van der Waals surface area contributed by atoms with E-state index in [9.17, 15) is 4.79 Å². The molecule has 5 heteroatoms. The largest absolute Gasteiger partial charge is 0.493 e. The van der Waals surface area contributed by atoms with Crippen LogP contribution in [-0.2, 0) is 17.8 Å². The first-order chi connectivity index (χ1) is 12.6. The lowest BCUT2D eigenvalue weighted by atomic mass is 10.1. The summed E-state index contributed by atoms with van der Waals surface area (Å²) in [5.41, 5.74) is 3.90. The predicted octanol–water partition coefficient (Wildman–Crippen LogP) is 3.44. The zero-order chi connectivity index (χ0) is 18.5. The van der Waals surface area contributed by atoms with Gasteiger partial charge < -0.3 is 14.8 Å². The molecule has 0 radical (unpaired) electrons. The molecule has 0 saturated heterocycles. The molecule has 3 rings (SSSR count). The average Bonchev–Trinajstić information content (AvgIpc) is 2.98. The van der Waals surface area contributed by atoms with E-state index in [0.717, 1.165) is 40.3 Å². The molecule has 0 aliphatic carbocycles. The molecule has 1 aromatic heterocycles. The lowest BCUT2D eigenvalue weighted by Gasteiger charge is -2.10. The summed E-state index contributed by atoms with van der Waals surface area (Å²) in [6.07, 6.45) is 6.05. The number of benzene rings is 1. The van der Waals surface area contributed by atoms with E-state index in [0.29, 0.717) is 13.2 Å². The molecule has 0 fully saturated rings. The van der Waals surface area contributed by atoms with Gasteiger partial charge in [0.1, 0.15) is 17.6 Å². The molecule has 0 spiro atoms. The van der Waals surface area contributed by atoms with Crippen molar-refractivity contribution in [2.45, 2.75) is 39.8 Å². The number of hydrogen-bond acceptors (Lipinski definition) is 4. The van der Waals surface area contributed by atoms with Crippen LogP contribution in [0, 0.1) is 6.92 Å². The zero-order valence-corrected chi connectivity index (χ0v) is 15.4.